The third-order valence-electron chi connectivity index (χ3n) is 2.10. The van der Waals surface area contributed by atoms with E-state index in [4.69, 9.17) is 10.00 Å². The molecule has 5 heteroatoms. The summed E-state index contributed by atoms with van der Waals surface area (Å²) in [6, 6.07) is 11.0. The van der Waals surface area contributed by atoms with Crippen molar-refractivity contribution in [3.63, 3.8) is 0 Å². The van der Waals surface area contributed by atoms with Crippen LogP contribution in [0.4, 0.5) is 5.69 Å². The largest absolute Gasteiger partial charge is 0.424 e. The number of hydrogen-bond donors (Lipinski definition) is 1. The first-order valence-corrected chi connectivity index (χ1v) is 5.00. The number of nitriles is 1. The van der Waals surface area contributed by atoms with Gasteiger partial charge < -0.3 is 10.1 Å². The predicted octanol–water partition coefficient (Wildman–Crippen LogP) is 2.18. The van der Waals surface area contributed by atoms with Crippen LogP contribution in [0.2, 0.25) is 0 Å². The molecule has 0 aliphatic heterocycles. The lowest BCUT2D eigenvalue weighted by atomic mass is 10.3. The lowest BCUT2D eigenvalue weighted by Gasteiger charge is -2.04. The molecule has 2 rings (SSSR count). The maximum Gasteiger partial charge on any atom is 0.323 e. The van der Waals surface area contributed by atoms with Crippen molar-refractivity contribution in [2.75, 3.05) is 12.4 Å². The van der Waals surface area contributed by atoms with Gasteiger partial charge in [0, 0.05) is 18.9 Å². The van der Waals surface area contributed by atoms with Crippen LogP contribution in [0.3, 0.4) is 0 Å². The third-order valence-corrected chi connectivity index (χ3v) is 2.10. The van der Waals surface area contributed by atoms with Gasteiger partial charge in [-0.05, 0) is 30.3 Å². The molecule has 1 N–H and O–H groups in total. The van der Waals surface area contributed by atoms with Crippen LogP contribution in [0.5, 0.6) is 11.8 Å². The number of hydrogen-bond acceptors (Lipinski definition) is 5. The average molecular weight is 226 g/mol. The van der Waals surface area contributed by atoms with Gasteiger partial charge in [-0.25, -0.2) is 4.98 Å². The number of aromatic nitrogens is 2. The van der Waals surface area contributed by atoms with Gasteiger partial charge in [-0.15, -0.1) is 0 Å². The maximum atomic E-state index is 8.69. The van der Waals surface area contributed by atoms with Crippen LogP contribution in [-0.2, 0) is 0 Å². The highest BCUT2D eigenvalue weighted by atomic mass is 16.5. The predicted molar refractivity (Wildman–Crippen MR) is 62.8 cm³/mol. The topological polar surface area (TPSA) is 70.8 Å². The maximum absolute atomic E-state index is 8.69. The molecule has 0 fully saturated rings. The lowest BCUT2D eigenvalue weighted by Crippen LogP contribution is -1.93. The second-order valence-electron chi connectivity index (χ2n) is 3.21. The monoisotopic (exact) mass is 226 g/mol. The molecule has 0 aliphatic rings. The Bertz CT molecular complexity index is 545. The normalized spacial score (nSPS) is 9.41. The summed E-state index contributed by atoms with van der Waals surface area (Å²) in [5.41, 5.74) is 1.27. The summed E-state index contributed by atoms with van der Waals surface area (Å²) in [6.07, 6.45) is 1.49. The van der Waals surface area contributed by atoms with Gasteiger partial charge in [0.25, 0.3) is 0 Å². The zero-order valence-electron chi connectivity index (χ0n) is 9.21. The first-order valence-electron chi connectivity index (χ1n) is 5.00. The first kappa shape index (κ1) is 10.9. The van der Waals surface area contributed by atoms with E-state index in [0.29, 0.717) is 5.75 Å². The number of rotatable bonds is 3. The van der Waals surface area contributed by atoms with Crippen molar-refractivity contribution in [3.05, 3.63) is 42.2 Å². The van der Waals surface area contributed by atoms with Crippen LogP contribution >= 0.6 is 0 Å². The van der Waals surface area contributed by atoms with Crippen molar-refractivity contribution in [3.8, 4) is 17.8 Å². The Morgan fingerprint density at radius 1 is 1.24 bits per heavy atom. The molecule has 0 radical (unpaired) electrons. The van der Waals surface area contributed by atoms with E-state index in [-0.39, 0.29) is 11.7 Å². The third kappa shape index (κ3) is 2.69. The molecule has 0 atom stereocenters. The van der Waals surface area contributed by atoms with Gasteiger partial charge in [0.1, 0.15) is 17.5 Å². The summed E-state index contributed by atoms with van der Waals surface area (Å²) in [5.74, 6) is 0.624. The van der Waals surface area contributed by atoms with Crippen LogP contribution in [0, 0.1) is 11.3 Å². The Balaban J connectivity index is 2.16. The fraction of sp³-hybridized carbons (Fsp3) is 0.0833. The molecular formula is C12H10N4O. The van der Waals surface area contributed by atoms with E-state index in [1.54, 1.807) is 12.1 Å². The van der Waals surface area contributed by atoms with Crippen LogP contribution in [0.1, 0.15) is 5.69 Å². The first-order chi connectivity index (χ1) is 8.31. The van der Waals surface area contributed by atoms with E-state index < -0.39 is 0 Å². The molecule has 0 saturated heterocycles. The highest BCUT2D eigenvalue weighted by Crippen LogP contribution is 2.19. The molecule has 0 bridgehead atoms. The standard InChI is InChI=1S/C12H10N4O/c1-14-9-2-4-11(5-3-9)17-12-15-7-6-10(8-13)16-12/h2-7,14H,1H3. The molecule has 1 aromatic heterocycles. The van der Waals surface area contributed by atoms with Gasteiger partial charge in [-0.2, -0.15) is 10.2 Å². The molecule has 0 saturated carbocycles. The van der Waals surface area contributed by atoms with Crippen molar-refractivity contribution in [2.24, 2.45) is 0 Å². The van der Waals surface area contributed by atoms with Gasteiger partial charge >= 0.3 is 6.01 Å². The zero-order chi connectivity index (χ0) is 12.1. The molecule has 1 heterocycles. The smallest absolute Gasteiger partial charge is 0.323 e. The summed E-state index contributed by atoms with van der Waals surface area (Å²) in [6.45, 7) is 0. The minimum absolute atomic E-state index is 0.168. The summed E-state index contributed by atoms with van der Waals surface area (Å²) >= 11 is 0. The van der Waals surface area contributed by atoms with E-state index in [1.807, 2.05) is 25.2 Å². The van der Waals surface area contributed by atoms with Crippen molar-refractivity contribution in [2.45, 2.75) is 0 Å². The number of nitrogens with one attached hydrogen (secondary N) is 1. The molecule has 5 nitrogen and oxygen atoms in total. The molecule has 17 heavy (non-hydrogen) atoms. The van der Waals surface area contributed by atoms with Gasteiger partial charge in [-0.1, -0.05) is 0 Å². The summed E-state index contributed by atoms with van der Waals surface area (Å²) in [4.78, 5) is 7.84. The Morgan fingerprint density at radius 2 is 2.00 bits per heavy atom. The van der Waals surface area contributed by atoms with E-state index >= 15 is 0 Å². The molecule has 0 unspecified atom stereocenters. The number of nitrogens with zero attached hydrogens (tertiary/aromatic N) is 3. The van der Waals surface area contributed by atoms with Crippen molar-refractivity contribution in [1.29, 1.82) is 5.26 Å². The molecule has 0 spiro atoms. The van der Waals surface area contributed by atoms with Crippen LogP contribution < -0.4 is 10.1 Å². The molecule has 2 aromatic rings. The highest BCUT2D eigenvalue weighted by molar-refractivity contribution is 5.46. The lowest BCUT2D eigenvalue weighted by molar-refractivity contribution is 0.441. The van der Waals surface area contributed by atoms with Crippen LogP contribution in [-0.4, -0.2) is 17.0 Å². The Hall–Kier alpha value is -2.61. The number of benzene rings is 1. The quantitative estimate of drug-likeness (QED) is 0.868. The second kappa shape index (κ2) is 4.94. The van der Waals surface area contributed by atoms with E-state index in [2.05, 4.69) is 15.3 Å². The van der Waals surface area contributed by atoms with Crippen LogP contribution in [0.25, 0.3) is 0 Å². The second-order valence-corrected chi connectivity index (χ2v) is 3.21. The van der Waals surface area contributed by atoms with E-state index in [1.165, 1.54) is 12.3 Å². The molecular weight excluding hydrogens is 216 g/mol. The van der Waals surface area contributed by atoms with Gasteiger partial charge in [0.05, 0.1) is 0 Å². The molecule has 0 aliphatic carbocycles. The summed E-state index contributed by atoms with van der Waals surface area (Å²) < 4.78 is 5.42. The number of anilines is 1. The van der Waals surface area contributed by atoms with Crippen molar-refractivity contribution >= 4 is 5.69 Å². The minimum atomic E-state index is 0.168. The van der Waals surface area contributed by atoms with Crippen molar-refractivity contribution in [1.82, 2.24) is 9.97 Å². The Kier molecular flexibility index (Phi) is 3.17. The van der Waals surface area contributed by atoms with Gasteiger partial charge in [0.15, 0.2) is 0 Å². The highest BCUT2D eigenvalue weighted by Gasteiger charge is 2.01. The summed E-state index contributed by atoms with van der Waals surface area (Å²) in [5, 5.41) is 11.7. The van der Waals surface area contributed by atoms with E-state index in [0.717, 1.165) is 5.69 Å². The fourth-order valence-corrected chi connectivity index (χ4v) is 1.25. The average Bonchev–Trinajstić information content (AvgIpc) is 2.40. The fourth-order valence-electron chi connectivity index (χ4n) is 1.25. The van der Waals surface area contributed by atoms with Gasteiger partial charge in [0.2, 0.25) is 0 Å². The minimum Gasteiger partial charge on any atom is -0.424 e. The molecule has 0 amide bonds. The SMILES string of the molecule is CNc1ccc(Oc2nccc(C#N)n2)cc1. The van der Waals surface area contributed by atoms with Crippen LogP contribution in [0.15, 0.2) is 36.5 Å². The molecule has 84 valence electrons. The summed E-state index contributed by atoms with van der Waals surface area (Å²) in [7, 11) is 1.84. The zero-order valence-corrected chi connectivity index (χ0v) is 9.21. The number of ether oxygens (including phenoxy) is 1. The van der Waals surface area contributed by atoms with Gasteiger partial charge in [-0.3, -0.25) is 0 Å². The Morgan fingerprint density at radius 3 is 2.65 bits per heavy atom. The Labute approximate surface area is 98.7 Å². The molecule has 1 aromatic carbocycles. The van der Waals surface area contributed by atoms with E-state index in [9.17, 15) is 0 Å². The van der Waals surface area contributed by atoms with Crippen molar-refractivity contribution < 1.29 is 4.74 Å².